The van der Waals surface area contributed by atoms with Crippen LogP contribution in [0.4, 0.5) is 10.1 Å². The third-order valence-corrected chi connectivity index (χ3v) is 4.24. The molecule has 0 unspecified atom stereocenters. The van der Waals surface area contributed by atoms with E-state index >= 15 is 0 Å². The van der Waals surface area contributed by atoms with Gasteiger partial charge in [0.1, 0.15) is 5.82 Å². The second-order valence-electron chi connectivity index (χ2n) is 4.46. The van der Waals surface area contributed by atoms with Crippen molar-refractivity contribution >= 4 is 27.3 Å². The molecule has 0 saturated carbocycles. The van der Waals surface area contributed by atoms with E-state index in [1.165, 1.54) is 12.1 Å². The zero-order valence-electron chi connectivity index (χ0n) is 10.9. The monoisotopic (exact) mass is 329 g/mol. The Hall–Kier alpha value is -1.63. The fourth-order valence-corrected chi connectivity index (χ4v) is 3.11. The van der Waals surface area contributed by atoms with Gasteiger partial charge in [-0.25, -0.2) is 12.8 Å². The van der Waals surface area contributed by atoms with Crippen molar-refractivity contribution in [2.24, 2.45) is 0 Å². The molecule has 0 bridgehead atoms. The van der Waals surface area contributed by atoms with Gasteiger partial charge in [0, 0.05) is 5.02 Å². The highest BCUT2D eigenvalue weighted by Crippen LogP contribution is 2.21. The van der Waals surface area contributed by atoms with Crippen molar-refractivity contribution in [2.75, 3.05) is 4.72 Å². The topological polar surface area (TPSA) is 66.4 Å². The SMILES string of the molecule is O=S(=O)(Cc1ccc(CO)cc1)Nc1cc(Cl)ccc1F. The van der Waals surface area contributed by atoms with E-state index in [4.69, 9.17) is 16.7 Å². The van der Waals surface area contributed by atoms with Gasteiger partial charge in [0.05, 0.1) is 18.0 Å². The van der Waals surface area contributed by atoms with Gasteiger partial charge in [0.15, 0.2) is 0 Å². The van der Waals surface area contributed by atoms with Crippen LogP contribution < -0.4 is 4.72 Å². The highest BCUT2D eigenvalue weighted by atomic mass is 35.5. The van der Waals surface area contributed by atoms with Crippen LogP contribution in [-0.2, 0) is 22.4 Å². The highest BCUT2D eigenvalue weighted by molar-refractivity contribution is 7.91. The second-order valence-corrected chi connectivity index (χ2v) is 6.62. The molecule has 21 heavy (non-hydrogen) atoms. The van der Waals surface area contributed by atoms with Gasteiger partial charge in [0.25, 0.3) is 0 Å². The number of benzene rings is 2. The van der Waals surface area contributed by atoms with Crippen LogP contribution >= 0.6 is 11.6 Å². The molecule has 0 aliphatic rings. The van der Waals surface area contributed by atoms with Crippen LogP contribution in [-0.4, -0.2) is 13.5 Å². The zero-order valence-corrected chi connectivity index (χ0v) is 12.5. The van der Waals surface area contributed by atoms with Crippen molar-refractivity contribution < 1.29 is 17.9 Å². The normalized spacial score (nSPS) is 11.4. The van der Waals surface area contributed by atoms with Crippen molar-refractivity contribution in [3.05, 3.63) is 64.4 Å². The second kappa shape index (κ2) is 6.43. The molecule has 0 atom stereocenters. The first-order valence-electron chi connectivity index (χ1n) is 6.04. The molecule has 7 heteroatoms. The Labute approximate surface area is 127 Å². The molecule has 0 aromatic heterocycles. The third-order valence-electron chi connectivity index (χ3n) is 2.76. The molecule has 0 saturated heterocycles. The number of sulfonamides is 1. The smallest absolute Gasteiger partial charge is 0.237 e. The standard InChI is InChI=1S/C14H13ClFNO3S/c15-12-5-6-13(16)14(7-12)17-21(19,20)9-11-3-1-10(8-18)2-4-11/h1-7,17-18H,8-9H2. The zero-order chi connectivity index (χ0) is 15.5. The van der Waals surface area contributed by atoms with Gasteiger partial charge in [-0.15, -0.1) is 0 Å². The van der Waals surface area contributed by atoms with Gasteiger partial charge in [-0.2, -0.15) is 0 Å². The largest absolute Gasteiger partial charge is 0.392 e. The van der Waals surface area contributed by atoms with Crippen molar-refractivity contribution in [3.63, 3.8) is 0 Å². The molecule has 2 aromatic rings. The Kier molecular flexibility index (Phi) is 4.82. The van der Waals surface area contributed by atoms with Gasteiger partial charge in [-0.1, -0.05) is 35.9 Å². The van der Waals surface area contributed by atoms with Crippen LogP contribution in [0, 0.1) is 5.82 Å². The Bertz CT molecular complexity index is 732. The minimum Gasteiger partial charge on any atom is -0.392 e. The minimum atomic E-state index is -3.76. The molecule has 0 fully saturated rings. The first-order chi connectivity index (χ1) is 9.89. The van der Waals surface area contributed by atoms with E-state index in [1.54, 1.807) is 24.3 Å². The van der Waals surface area contributed by atoms with Crippen molar-refractivity contribution in [3.8, 4) is 0 Å². The molecule has 0 radical (unpaired) electrons. The van der Waals surface area contributed by atoms with Crippen LogP contribution in [0.2, 0.25) is 5.02 Å². The van der Waals surface area contributed by atoms with E-state index in [1.807, 2.05) is 0 Å². The maximum atomic E-state index is 13.5. The maximum absolute atomic E-state index is 13.5. The Morgan fingerprint density at radius 2 is 1.71 bits per heavy atom. The molecule has 0 aliphatic carbocycles. The number of nitrogens with one attached hydrogen (secondary N) is 1. The summed E-state index contributed by atoms with van der Waals surface area (Å²) in [6.45, 7) is -0.112. The summed E-state index contributed by atoms with van der Waals surface area (Å²) in [6, 6.07) is 10.1. The molecule has 112 valence electrons. The summed E-state index contributed by atoms with van der Waals surface area (Å²) in [5.41, 5.74) is 1.03. The lowest BCUT2D eigenvalue weighted by Gasteiger charge is -2.09. The third kappa shape index (κ3) is 4.42. The van der Waals surface area contributed by atoms with Gasteiger partial charge < -0.3 is 5.11 Å². The van der Waals surface area contributed by atoms with Gasteiger partial charge in [-0.3, -0.25) is 4.72 Å². The van der Waals surface area contributed by atoms with Crippen LogP contribution in [0.5, 0.6) is 0 Å². The summed E-state index contributed by atoms with van der Waals surface area (Å²) in [5.74, 6) is -0.997. The maximum Gasteiger partial charge on any atom is 0.237 e. The van der Waals surface area contributed by atoms with E-state index in [9.17, 15) is 12.8 Å². The number of aliphatic hydroxyl groups is 1. The number of hydrogen-bond donors (Lipinski definition) is 2. The number of hydrogen-bond acceptors (Lipinski definition) is 3. The number of halogens is 2. The summed E-state index contributed by atoms with van der Waals surface area (Å²) in [5, 5.41) is 9.17. The van der Waals surface area contributed by atoms with Gasteiger partial charge >= 0.3 is 0 Å². The van der Waals surface area contributed by atoms with Gasteiger partial charge in [0.2, 0.25) is 10.0 Å². The number of aliphatic hydroxyl groups excluding tert-OH is 1. The molecule has 0 spiro atoms. The first-order valence-corrected chi connectivity index (χ1v) is 8.07. The minimum absolute atomic E-state index is 0.112. The van der Waals surface area contributed by atoms with Crippen molar-refractivity contribution in [2.45, 2.75) is 12.4 Å². The van der Waals surface area contributed by atoms with E-state index in [-0.39, 0.29) is 23.1 Å². The van der Waals surface area contributed by atoms with E-state index < -0.39 is 15.8 Å². The molecule has 0 heterocycles. The predicted molar refractivity (Wildman–Crippen MR) is 80.0 cm³/mol. The quantitative estimate of drug-likeness (QED) is 0.886. The fourth-order valence-electron chi connectivity index (χ4n) is 1.74. The fraction of sp³-hybridized carbons (Fsp3) is 0.143. The molecular weight excluding hydrogens is 317 g/mol. The van der Waals surface area contributed by atoms with Crippen LogP contribution in [0.15, 0.2) is 42.5 Å². The van der Waals surface area contributed by atoms with Crippen molar-refractivity contribution in [1.29, 1.82) is 0 Å². The molecular formula is C14H13ClFNO3S. The lowest BCUT2D eigenvalue weighted by molar-refractivity contribution is 0.282. The number of rotatable bonds is 5. The molecule has 0 amide bonds. The molecule has 2 aromatic carbocycles. The van der Waals surface area contributed by atoms with E-state index in [2.05, 4.69) is 4.72 Å². The van der Waals surface area contributed by atoms with Crippen LogP contribution in [0.25, 0.3) is 0 Å². The Morgan fingerprint density at radius 3 is 2.33 bits per heavy atom. The average molecular weight is 330 g/mol. The predicted octanol–water partition coefficient (Wildman–Crippen LogP) is 2.91. The average Bonchev–Trinajstić information content (AvgIpc) is 2.43. The van der Waals surface area contributed by atoms with E-state index in [0.717, 1.165) is 6.07 Å². The Balaban J connectivity index is 2.16. The highest BCUT2D eigenvalue weighted by Gasteiger charge is 2.14. The Morgan fingerprint density at radius 1 is 1.10 bits per heavy atom. The molecule has 2 rings (SSSR count). The summed E-state index contributed by atoms with van der Waals surface area (Å²) in [6.07, 6.45) is 0. The van der Waals surface area contributed by atoms with E-state index in [0.29, 0.717) is 11.1 Å². The summed E-state index contributed by atoms with van der Waals surface area (Å²) < 4.78 is 39.7. The van der Waals surface area contributed by atoms with Gasteiger partial charge in [-0.05, 0) is 29.3 Å². The molecule has 0 aliphatic heterocycles. The summed E-state index contributed by atoms with van der Waals surface area (Å²) >= 11 is 5.71. The lowest BCUT2D eigenvalue weighted by atomic mass is 10.2. The van der Waals surface area contributed by atoms with Crippen molar-refractivity contribution in [1.82, 2.24) is 0 Å². The molecule has 2 N–H and O–H groups in total. The number of anilines is 1. The summed E-state index contributed by atoms with van der Waals surface area (Å²) in [4.78, 5) is 0. The van der Waals surface area contributed by atoms with Crippen LogP contribution in [0.3, 0.4) is 0 Å². The van der Waals surface area contributed by atoms with Crippen LogP contribution in [0.1, 0.15) is 11.1 Å². The first kappa shape index (κ1) is 15.8. The summed E-state index contributed by atoms with van der Waals surface area (Å²) in [7, 11) is -3.76. The lowest BCUT2D eigenvalue weighted by Crippen LogP contribution is -2.16. The molecule has 4 nitrogen and oxygen atoms in total.